The molecule has 5 nitrogen and oxygen atoms in total. The largest absolute Gasteiger partial charge is 0.508 e. The van der Waals surface area contributed by atoms with Crippen LogP contribution >= 0.6 is 0 Å². The van der Waals surface area contributed by atoms with Gasteiger partial charge in [-0.05, 0) is 23.8 Å². The van der Waals surface area contributed by atoms with Gasteiger partial charge in [0.2, 0.25) is 10.0 Å². The van der Waals surface area contributed by atoms with Gasteiger partial charge >= 0.3 is 0 Å². The highest BCUT2D eigenvalue weighted by Crippen LogP contribution is 2.17. The first kappa shape index (κ1) is 14.4. The summed E-state index contributed by atoms with van der Waals surface area (Å²) in [4.78, 5) is 3.34. The van der Waals surface area contributed by atoms with E-state index in [4.69, 9.17) is 0 Å². The smallest absolute Gasteiger partial charge is 0.244 e. The second kappa shape index (κ2) is 5.56. The van der Waals surface area contributed by atoms with Gasteiger partial charge in [0.1, 0.15) is 16.5 Å². The topological polar surface area (TPSA) is 70.5 Å². The number of aromatic hydroxyl groups is 1. The zero-order chi connectivity index (χ0) is 14.8. The number of aromatic nitrogens is 1. The highest BCUT2D eigenvalue weighted by atomic mass is 32.2. The fourth-order valence-electron chi connectivity index (χ4n) is 1.66. The number of halogens is 1. The summed E-state index contributed by atoms with van der Waals surface area (Å²) in [5, 5.41) is 9.18. The maximum absolute atomic E-state index is 13.1. The third-order valence-electron chi connectivity index (χ3n) is 2.73. The van der Waals surface area contributed by atoms with E-state index >= 15 is 0 Å². The Morgan fingerprint density at radius 2 is 1.90 bits per heavy atom. The van der Waals surface area contributed by atoms with E-state index in [0.717, 1.165) is 22.8 Å². The first-order chi connectivity index (χ1) is 9.39. The second-order valence-corrected chi connectivity index (χ2v) is 6.31. The maximum atomic E-state index is 13.1. The van der Waals surface area contributed by atoms with Gasteiger partial charge in [0.15, 0.2) is 0 Å². The minimum Gasteiger partial charge on any atom is -0.508 e. The van der Waals surface area contributed by atoms with Crippen molar-refractivity contribution < 1.29 is 17.9 Å². The van der Waals surface area contributed by atoms with Crippen molar-refractivity contribution in [2.45, 2.75) is 11.4 Å². The lowest BCUT2D eigenvalue weighted by atomic mass is 10.2. The summed E-state index contributed by atoms with van der Waals surface area (Å²) in [5.41, 5.74) is 0.707. The molecule has 0 aliphatic carbocycles. The summed E-state index contributed by atoms with van der Waals surface area (Å²) in [5.74, 6) is -0.599. The van der Waals surface area contributed by atoms with Crippen LogP contribution < -0.4 is 0 Å². The molecule has 0 amide bonds. The monoisotopic (exact) mass is 296 g/mol. The zero-order valence-electron chi connectivity index (χ0n) is 10.7. The lowest BCUT2D eigenvalue weighted by Gasteiger charge is -2.17. The highest BCUT2D eigenvalue weighted by molar-refractivity contribution is 7.89. The molecule has 0 unspecified atom stereocenters. The van der Waals surface area contributed by atoms with E-state index in [1.165, 1.54) is 19.2 Å². The molecule has 0 radical (unpaired) electrons. The Hall–Kier alpha value is -1.99. The SMILES string of the molecule is CN(Cc1ccc(O)cc1)S(=O)(=O)c1cncc(F)c1. The number of sulfonamides is 1. The molecule has 20 heavy (non-hydrogen) atoms. The van der Waals surface area contributed by atoms with E-state index in [1.807, 2.05) is 0 Å². The van der Waals surface area contributed by atoms with Crippen LogP contribution in [0.4, 0.5) is 4.39 Å². The Bertz CT molecular complexity index is 702. The van der Waals surface area contributed by atoms with Gasteiger partial charge in [-0.2, -0.15) is 4.31 Å². The molecule has 0 spiro atoms. The van der Waals surface area contributed by atoms with Crippen molar-refractivity contribution in [3.05, 3.63) is 54.1 Å². The van der Waals surface area contributed by atoms with E-state index < -0.39 is 15.8 Å². The van der Waals surface area contributed by atoms with Gasteiger partial charge in [-0.1, -0.05) is 12.1 Å². The Balaban J connectivity index is 2.23. The third kappa shape index (κ3) is 3.12. The van der Waals surface area contributed by atoms with E-state index in [9.17, 15) is 17.9 Å². The minimum atomic E-state index is -3.80. The molecule has 0 saturated carbocycles. The van der Waals surface area contributed by atoms with Crippen molar-refractivity contribution in [3.8, 4) is 5.75 Å². The van der Waals surface area contributed by atoms with Gasteiger partial charge in [0.25, 0.3) is 0 Å². The molecule has 2 aromatic rings. The molecule has 2 rings (SSSR count). The van der Waals surface area contributed by atoms with Gasteiger partial charge in [0.05, 0.1) is 6.20 Å². The first-order valence-corrected chi connectivity index (χ1v) is 7.18. The van der Waals surface area contributed by atoms with Crippen molar-refractivity contribution in [2.24, 2.45) is 0 Å². The molecule has 1 N–H and O–H groups in total. The van der Waals surface area contributed by atoms with Crippen LogP contribution in [0.15, 0.2) is 47.6 Å². The fraction of sp³-hybridized carbons (Fsp3) is 0.154. The molecule has 0 aliphatic heterocycles. The van der Waals surface area contributed by atoms with Crippen molar-refractivity contribution in [1.82, 2.24) is 9.29 Å². The fourth-order valence-corrected chi connectivity index (χ4v) is 2.79. The van der Waals surface area contributed by atoms with Gasteiger partial charge in [-0.3, -0.25) is 4.98 Å². The molecule has 106 valence electrons. The number of nitrogens with zero attached hydrogens (tertiary/aromatic N) is 2. The van der Waals surface area contributed by atoms with Gasteiger partial charge < -0.3 is 5.11 Å². The molecule has 1 aromatic heterocycles. The zero-order valence-corrected chi connectivity index (χ0v) is 11.5. The van der Waals surface area contributed by atoms with Crippen LogP contribution in [-0.4, -0.2) is 29.9 Å². The summed E-state index contributed by atoms with van der Waals surface area (Å²) in [6.45, 7) is 0.110. The van der Waals surface area contributed by atoms with Crippen molar-refractivity contribution in [2.75, 3.05) is 7.05 Å². The summed E-state index contributed by atoms with van der Waals surface area (Å²) in [7, 11) is -2.41. The molecule has 7 heteroatoms. The Morgan fingerprint density at radius 1 is 1.25 bits per heavy atom. The number of benzene rings is 1. The van der Waals surface area contributed by atoms with E-state index in [-0.39, 0.29) is 17.2 Å². The maximum Gasteiger partial charge on any atom is 0.244 e. The van der Waals surface area contributed by atoms with Crippen molar-refractivity contribution in [1.29, 1.82) is 0 Å². The van der Waals surface area contributed by atoms with Crippen LogP contribution in [0.3, 0.4) is 0 Å². The van der Waals surface area contributed by atoms with Gasteiger partial charge in [-0.15, -0.1) is 0 Å². The number of phenols is 1. The van der Waals surface area contributed by atoms with Crippen LogP contribution in [0.1, 0.15) is 5.56 Å². The molecule has 0 bridgehead atoms. The Kier molecular flexibility index (Phi) is 4.01. The Labute approximate surface area is 116 Å². The normalized spacial score (nSPS) is 11.8. The van der Waals surface area contributed by atoms with Crippen LogP contribution in [0.25, 0.3) is 0 Å². The summed E-state index contributed by atoms with van der Waals surface area (Å²) in [6, 6.07) is 7.10. The quantitative estimate of drug-likeness (QED) is 0.933. The van der Waals surface area contributed by atoms with Crippen molar-refractivity contribution in [3.63, 3.8) is 0 Å². The van der Waals surface area contributed by atoms with Gasteiger partial charge in [0, 0.05) is 19.8 Å². The number of rotatable bonds is 4. The number of pyridine rings is 1. The van der Waals surface area contributed by atoms with Crippen LogP contribution in [-0.2, 0) is 16.6 Å². The van der Waals surface area contributed by atoms with Crippen LogP contribution in [0.5, 0.6) is 5.75 Å². The van der Waals surface area contributed by atoms with E-state index in [1.54, 1.807) is 12.1 Å². The lowest BCUT2D eigenvalue weighted by molar-refractivity contribution is 0.462. The van der Waals surface area contributed by atoms with Crippen LogP contribution in [0, 0.1) is 5.82 Å². The minimum absolute atomic E-state index is 0.105. The first-order valence-electron chi connectivity index (χ1n) is 5.74. The molecule has 0 fully saturated rings. The molecule has 1 aromatic carbocycles. The summed E-state index contributed by atoms with van der Waals surface area (Å²) < 4.78 is 38.6. The average molecular weight is 296 g/mol. The Morgan fingerprint density at radius 3 is 2.50 bits per heavy atom. The molecule has 0 aliphatic rings. The predicted octanol–water partition coefficient (Wildman–Crippen LogP) is 1.75. The number of phenolic OH excluding ortho intramolecular Hbond substituents is 1. The summed E-state index contributed by atoms with van der Waals surface area (Å²) >= 11 is 0. The number of hydrogen-bond donors (Lipinski definition) is 1. The van der Waals surface area contributed by atoms with Crippen molar-refractivity contribution >= 4 is 10.0 Å². The average Bonchev–Trinajstić information content (AvgIpc) is 2.41. The standard InChI is InChI=1S/C13H13FN2O3S/c1-16(9-10-2-4-12(17)5-3-10)20(18,19)13-6-11(14)7-15-8-13/h2-8,17H,9H2,1H3. The molecule has 1 heterocycles. The third-order valence-corrected chi connectivity index (χ3v) is 4.50. The van der Waals surface area contributed by atoms with Crippen LogP contribution in [0.2, 0.25) is 0 Å². The molecular formula is C13H13FN2O3S. The van der Waals surface area contributed by atoms with E-state index in [2.05, 4.69) is 4.98 Å². The predicted molar refractivity (Wildman–Crippen MR) is 71.0 cm³/mol. The molecule has 0 atom stereocenters. The lowest BCUT2D eigenvalue weighted by Crippen LogP contribution is -2.26. The molecular weight excluding hydrogens is 283 g/mol. The van der Waals surface area contributed by atoms with E-state index in [0.29, 0.717) is 5.56 Å². The van der Waals surface area contributed by atoms with Gasteiger partial charge in [-0.25, -0.2) is 12.8 Å². The second-order valence-electron chi connectivity index (χ2n) is 4.27. The number of hydrogen-bond acceptors (Lipinski definition) is 4. The molecule has 0 saturated heterocycles. The summed E-state index contributed by atoms with van der Waals surface area (Å²) in [6.07, 6.45) is 2.05. The highest BCUT2D eigenvalue weighted by Gasteiger charge is 2.21.